The molecule has 0 N–H and O–H groups in total. The summed E-state index contributed by atoms with van der Waals surface area (Å²) in [4.78, 5) is 16.0. The van der Waals surface area contributed by atoms with Crippen LogP contribution < -0.4 is 4.90 Å². The van der Waals surface area contributed by atoms with Gasteiger partial charge in [-0.1, -0.05) is 6.07 Å². The molecule has 1 aromatic carbocycles. The summed E-state index contributed by atoms with van der Waals surface area (Å²) in [5.74, 6) is -0.159. The van der Waals surface area contributed by atoms with Crippen LogP contribution in [0.4, 0.5) is 10.2 Å². The smallest absolute Gasteiger partial charge is 0.227 e. The predicted molar refractivity (Wildman–Crippen MR) is 103 cm³/mol. The molecule has 11 heteroatoms. The molecule has 0 radical (unpaired) electrons. The molecule has 3 aromatic rings. The molecular formula is C18H19FN6O3S. The average Bonchev–Trinajstić information content (AvgIpc) is 3.16. The van der Waals surface area contributed by atoms with E-state index < -0.39 is 15.7 Å². The number of amides is 1. The Hall–Kier alpha value is -3.08. The molecule has 0 atom stereocenters. The van der Waals surface area contributed by atoms with Crippen molar-refractivity contribution in [1.82, 2.24) is 24.7 Å². The molecule has 0 aliphatic carbocycles. The number of rotatable bonds is 4. The van der Waals surface area contributed by atoms with Crippen LogP contribution in [0.1, 0.15) is 5.56 Å². The van der Waals surface area contributed by atoms with Gasteiger partial charge in [0, 0.05) is 32.4 Å². The Morgan fingerprint density at radius 3 is 2.62 bits per heavy atom. The monoisotopic (exact) mass is 418 g/mol. The molecule has 1 amide bonds. The maximum atomic E-state index is 13.7. The maximum Gasteiger partial charge on any atom is 0.227 e. The van der Waals surface area contributed by atoms with Crippen LogP contribution >= 0.6 is 0 Å². The fraction of sp³-hybridized carbons (Fsp3) is 0.333. The number of hydrogen-bond donors (Lipinski definition) is 0. The van der Waals surface area contributed by atoms with Gasteiger partial charge in [-0.15, -0.1) is 15.3 Å². The molecular weight excluding hydrogens is 399 g/mol. The van der Waals surface area contributed by atoms with Gasteiger partial charge >= 0.3 is 0 Å². The van der Waals surface area contributed by atoms with Crippen LogP contribution in [0.5, 0.6) is 0 Å². The summed E-state index contributed by atoms with van der Waals surface area (Å²) in [6.45, 7) is 2.26. The van der Waals surface area contributed by atoms with Gasteiger partial charge in [0.15, 0.2) is 15.5 Å². The number of carbonyl (C=O) groups excluding carboxylic acids is 1. The third kappa shape index (κ3) is 4.04. The van der Waals surface area contributed by atoms with Crippen molar-refractivity contribution in [3.63, 3.8) is 0 Å². The van der Waals surface area contributed by atoms with E-state index in [1.54, 1.807) is 9.42 Å². The molecule has 0 bridgehead atoms. The van der Waals surface area contributed by atoms with Gasteiger partial charge in [-0.3, -0.25) is 4.79 Å². The highest BCUT2D eigenvalue weighted by Gasteiger charge is 2.23. The highest BCUT2D eigenvalue weighted by molar-refractivity contribution is 7.90. The Morgan fingerprint density at radius 2 is 1.90 bits per heavy atom. The SMILES string of the molecule is CS(=O)(=O)c1cc(CC(=O)N2CCN(c3ccc4nncn4n3)CC2)ccc1F. The second-order valence-electron chi connectivity index (χ2n) is 6.91. The Balaban J connectivity index is 1.40. The molecule has 0 spiro atoms. The van der Waals surface area contributed by atoms with E-state index in [1.807, 2.05) is 12.1 Å². The van der Waals surface area contributed by atoms with E-state index in [2.05, 4.69) is 20.2 Å². The van der Waals surface area contributed by atoms with Gasteiger partial charge in [-0.2, -0.15) is 4.52 Å². The van der Waals surface area contributed by atoms with Crippen molar-refractivity contribution in [3.05, 3.63) is 48.0 Å². The highest BCUT2D eigenvalue weighted by atomic mass is 32.2. The zero-order chi connectivity index (χ0) is 20.6. The number of hydrogen-bond acceptors (Lipinski definition) is 7. The van der Waals surface area contributed by atoms with Gasteiger partial charge in [0.1, 0.15) is 22.9 Å². The molecule has 1 fully saturated rings. The van der Waals surface area contributed by atoms with E-state index >= 15 is 0 Å². The lowest BCUT2D eigenvalue weighted by atomic mass is 10.1. The first kappa shape index (κ1) is 19.2. The summed E-state index contributed by atoms with van der Waals surface area (Å²) in [7, 11) is -3.69. The van der Waals surface area contributed by atoms with Gasteiger partial charge < -0.3 is 9.80 Å². The molecule has 9 nitrogen and oxygen atoms in total. The third-order valence-electron chi connectivity index (χ3n) is 4.85. The third-order valence-corrected chi connectivity index (χ3v) is 5.97. The molecule has 152 valence electrons. The number of fused-ring (bicyclic) bond motifs is 1. The molecule has 0 unspecified atom stereocenters. The molecule has 1 aliphatic rings. The van der Waals surface area contributed by atoms with Crippen molar-refractivity contribution >= 4 is 27.2 Å². The summed E-state index contributed by atoms with van der Waals surface area (Å²) in [6.07, 6.45) is 2.50. The highest BCUT2D eigenvalue weighted by Crippen LogP contribution is 2.18. The van der Waals surface area contributed by atoms with E-state index in [0.717, 1.165) is 18.1 Å². The summed E-state index contributed by atoms with van der Waals surface area (Å²) < 4.78 is 38.7. The number of carbonyl (C=O) groups is 1. The van der Waals surface area contributed by atoms with Crippen molar-refractivity contribution in [3.8, 4) is 0 Å². The number of anilines is 1. The van der Waals surface area contributed by atoms with Crippen molar-refractivity contribution < 1.29 is 17.6 Å². The molecule has 1 saturated heterocycles. The lowest BCUT2D eigenvalue weighted by molar-refractivity contribution is -0.130. The summed E-state index contributed by atoms with van der Waals surface area (Å²) in [5.41, 5.74) is 1.13. The van der Waals surface area contributed by atoms with Crippen molar-refractivity contribution in [2.24, 2.45) is 0 Å². The lowest BCUT2D eigenvalue weighted by Crippen LogP contribution is -2.49. The molecule has 1 aliphatic heterocycles. The number of halogens is 1. The second-order valence-corrected chi connectivity index (χ2v) is 8.89. The number of sulfone groups is 1. The summed E-state index contributed by atoms with van der Waals surface area (Å²) in [6, 6.07) is 7.46. The minimum Gasteiger partial charge on any atom is -0.352 e. The van der Waals surface area contributed by atoms with Crippen molar-refractivity contribution in [2.75, 3.05) is 37.3 Å². The topological polar surface area (TPSA) is 101 Å². The average molecular weight is 418 g/mol. The normalized spacial score (nSPS) is 15.1. The maximum absolute atomic E-state index is 13.7. The molecule has 2 aromatic heterocycles. The molecule has 0 saturated carbocycles. The van der Waals surface area contributed by atoms with Crippen LogP contribution in [0, 0.1) is 5.82 Å². The first-order valence-corrected chi connectivity index (χ1v) is 10.9. The van der Waals surface area contributed by atoms with E-state index in [0.29, 0.717) is 37.4 Å². The van der Waals surface area contributed by atoms with E-state index in [-0.39, 0.29) is 17.2 Å². The number of benzene rings is 1. The first-order chi connectivity index (χ1) is 13.8. The van der Waals surface area contributed by atoms with Crippen LogP contribution in [-0.4, -0.2) is 71.5 Å². The summed E-state index contributed by atoms with van der Waals surface area (Å²) in [5, 5.41) is 12.2. The van der Waals surface area contributed by atoms with Gasteiger partial charge in [-0.25, -0.2) is 12.8 Å². The Bertz CT molecular complexity index is 1170. The number of piperazine rings is 1. The number of aromatic nitrogens is 4. The van der Waals surface area contributed by atoms with Crippen molar-refractivity contribution in [2.45, 2.75) is 11.3 Å². The number of nitrogens with zero attached hydrogens (tertiary/aromatic N) is 6. The van der Waals surface area contributed by atoms with Gasteiger partial charge in [-0.05, 0) is 29.8 Å². The minimum absolute atomic E-state index is 0.0215. The quantitative estimate of drug-likeness (QED) is 0.610. The largest absolute Gasteiger partial charge is 0.352 e. The molecule has 3 heterocycles. The zero-order valence-corrected chi connectivity index (χ0v) is 16.5. The Labute approximate surface area is 166 Å². The van der Waals surface area contributed by atoms with Crippen LogP contribution in [0.2, 0.25) is 0 Å². The van der Waals surface area contributed by atoms with Crippen LogP contribution in [0.25, 0.3) is 5.65 Å². The predicted octanol–water partition coefficient (Wildman–Crippen LogP) is 0.558. The second kappa shape index (κ2) is 7.39. The summed E-state index contributed by atoms with van der Waals surface area (Å²) >= 11 is 0. The van der Waals surface area contributed by atoms with Crippen LogP contribution in [0.3, 0.4) is 0 Å². The van der Waals surface area contributed by atoms with E-state index in [9.17, 15) is 17.6 Å². The lowest BCUT2D eigenvalue weighted by Gasteiger charge is -2.35. The van der Waals surface area contributed by atoms with E-state index in [1.165, 1.54) is 18.5 Å². The fourth-order valence-corrected chi connectivity index (χ4v) is 4.09. The standard InChI is InChI=1S/C18H19FN6O3S/c1-29(27,28)15-10-13(2-3-14(15)19)11-18(26)24-8-6-23(7-9-24)17-5-4-16-21-20-12-25(16)22-17/h2-5,10,12H,6-9,11H2,1H3. The van der Waals surface area contributed by atoms with Gasteiger partial charge in [0.25, 0.3) is 0 Å². The first-order valence-electron chi connectivity index (χ1n) is 8.99. The van der Waals surface area contributed by atoms with E-state index in [4.69, 9.17) is 0 Å². The van der Waals surface area contributed by atoms with Gasteiger partial charge in [0.2, 0.25) is 5.91 Å². The van der Waals surface area contributed by atoms with Crippen LogP contribution in [0.15, 0.2) is 41.6 Å². The minimum atomic E-state index is -3.69. The zero-order valence-electron chi connectivity index (χ0n) is 15.7. The molecule has 29 heavy (non-hydrogen) atoms. The molecule has 4 rings (SSSR count). The Kier molecular flexibility index (Phi) is 4.91. The van der Waals surface area contributed by atoms with Gasteiger partial charge in [0.05, 0.1) is 6.42 Å². The van der Waals surface area contributed by atoms with Crippen molar-refractivity contribution in [1.29, 1.82) is 0 Å². The fourth-order valence-electron chi connectivity index (χ4n) is 3.30. The Morgan fingerprint density at radius 1 is 1.14 bits per heavy atom. The van der Waals surface area contributed by atoms with Crippen LogP contribution in [-0.2, 0) is 21.1 Å².